The molecule has 1 fully saturated rings. The van der Waals surface area contributed by atoms with Crippen molar-refractivity contribution in [3.8, 4) is 6.01 Å². The van der Waals surface area contributed by atoms with Crippen LogP contribution in [0.25, 0.3) is 0 Å². The van der Waals surface area contributed by atoms with Crippen molar-refractivity contribution in [1.29, 1.82) is 0 Å². The molecule has 1 unspecified atom stereocenters. The molecule has 2 aliphatic heterocycles. The highest BCUT2D eigenvalue weighted by atomic mass is 16.6. The summed E-state index contributed by atoms with van der Waals surface area (Å²) in [4.78, 5) is 15.1. The second-order valence-electron chi connectivity index (χ2n) is 4.24. The first-order valence-corrected chi connectivity index (χ1v) is 5.32. The fourth-order valence-electron chi connectivity index (χ4n) is 2.16. The summed E-state index contributed by atoms with van der Waals surface area (Å²) in [6, 6.07) is 0.144. The lowest BCUT2D eigenvalue weighted by molar-refractivity contribution is -0.0435. The lowest BCUT2D eigenvalue weighted by atomic mass is 10.1. The molecule has 7 nitrogen and oxygen atoms in total. The van der Waals surface area contributed by atoms with Gasteiger partial charge in [0.15, 0.2) is 12.3 Å². The molecule has 4 atom stereocenters. The molecular weight excluding hydrogens is 228 g/mol. The molecule has 3 rings (SSSR count). The van der Waals surface area contributed by atoms with Crippen molar-refractivity contribution in [3.05, 3.63) is 22.1 Å². The molecule has 0 aliphatic carbocycles. The molecule has 1 aromatic rings. The number of hydrogen-bond donors (Lipinski definition) is 2. The molecule has 1 aromatic heterocycles. The van der Waals surface area contributed by atoms with Crippen molar-refractivity contribution >= 4 is 0 Å². The summed E-state index contributed by atoms with van der Waals surface area (Å²) in [5.41, 5.74) is 0.118. The third-order valence-electron chi connectivity index (χ3n) is 3.10. The van der Waals surface area contributed by atoms with Crippen LogP contribution in [0.2, 0.25) is 0 Å². The van der Waals surface area contributed by atoms with Gasteiger partial charge >= 0.3 is 6.01 Å². The Labute approximate surface area is 96.2 Å². The SMILES string of the molecule is Cc1cn2c(nc1=O)O[C@H]1C2O[C@@H](CO)[C@@H]1O. The highest BCUT2D eigenvalue weighted by molar-refractivity contribution is 5.15. The van der Waals surface area contributed by atoms with E-state index in [0.717, 1.165) is 0 Å². The summed E-state index contributed by atoms with van der Waals surface area (Å²) in [7, 11) is 0. The van der Waals surface area contributed by atoms with E-state index in [1.165, 1.54) is 0 Å². The smallest absolute Gasteiger partial charge is 0.302 e. The maximum atomic E-state index is 11.4. The van der Waals surface area contributed by atoms with Gasteiger partial charge in [-0.1, -0.05) is 0 Å². The first kappa shape index (κ1) is 10.7. The van der Waals surface area contributed by atoms with Crippen LogP contribution < -0.4 is 10.3 Å². The van der Waals surface area contributed by atoms with E-state index in [1.807, 2.05) is 0 Å². The highest BCUT2D eigenvalue weighted by Gasteiger charge is 2.50. The first-order valence-electron chi connectivity index (χ1n) is 5.32. The topological polar surface area (TPSA) is 93.8 Å². The number of fused-ring (bicyclic) bond motifs is 3. The van der Waals surface area contributed by atoms with Crippen molar-refractivity contribution < 1.29 is 19.7 Å². The summed E-state index contributed by atoms with van der Waals surface area (Å²) >= 11 is 0. The predicted molar refractivity (Wildman–Crippen MR) is 54.7 cm³/mol. The Balaban J connectivity index is 2.02. The van der Waals surface area contributed by atoms with E-state index in [-0.39, 0.29) is 18.2 Å². The Kier molecular flexibility index (Phi) is 2.22. The van der Waals surface area contributed by atoms with Gasteiger partial charge in [0.2, 0.25) is 0 Å². The van der Waals surface area contributed by atoms with Crippen LogP contribution in [0.4, 0.5) is 0 Å². The molecule has 17 heavy (non-hydrogen) atoms. The van der Waals surface area contributed by atoms with E-state index in [0.29, 0.717) is 5.56 Å². The van der Waals surface area contributed by atoms with Gasteiger partial charge in [0.05, 0.1) is 6.61 Å². The normalized spacial score (nSPS) is 34.3. The zero-order valence-electron chi connectivity index (χ0n) is 9.11. The predicted octanol–water partition coefficient (Wildman–Crippen LogP) is -1.44. The molecule has 2 N–H and O–H groups in total. The van der Waals surface area contributed by atoms with Crippen LogP contribution in [0.1, 0.15) is 11.8 Å². The Hall–Kier alpha value is -1.44. The molecule has 3 heterocycles. The summed E-state index contributed by atoms with van der Waals surface area (Å²) in [6.07, 6.45) is -1.17. The van der Waals surface area contributed by atoms with Crippen LogP contribution in [0.5, 0.6) is 6.01 Å². The van der Waals surface area contributed by atoms with Crippen molar-refractivity contribution in [1.82, 2.24) is 9.55 Å². The maximum Gasteiger partial charge on any atom is 0.302 e. The molecule has 0 aromatic carbocycles. The standard InChI is InChI=1S/C10H12N2O5/c1-4-2-12-9-7(6(14)5(3-13)16-9)17-10(12)11-8(4)15/h2,5-7,9,13-14H,3H2,1H3/t5-,6-,7+,9?/m0/s1. The minimum absolute atomic E-state index is 0.144. The van der Waals surface area contributed by atoms with E-state index in [1.54, 1.807) is 17.7 Å². The zero-order chi connectivity index (χ0) is 12.2. The fourth-order valence-corrected chi connectivity index (χ4v) is 2.16. The minimum Gasteiger partial charge on any atom is -0.453 e. The summed E-state index contributed by atoms with van der Waals surface area (Å²) in [5.74, 6) is 0. The number of rotatable bonds is 1. The van der Waals surface area contributed by atoms with Gasteiger partial charge in [-0.05, 0) is 6.92 Å². The Morgan fingerprint density at radius 3 is 3.06 bits per heavy atom. The first-order chi connectivity index (χ1) is 8.11. The van der Waals surface area contributed by atoms with Crippen molar-refractivity contribution in [2.75, 3.05) is 6.61 Å². The van der Waals surface area contributed by atoms with E-state index >= 15 is 0 Å². The van der Waals surface area contributed by atoms with Crippen molar-refractivity contribution in [3.63, 3.8) is 0 Å². The Bertz CT molecular complexity index is 514. The van der Waals surface area contributed by atoms with E-state index < -0.39 is 24.5 Å². The van der Waals surface area contributed by atoms with Gasteiger partial charge in [-0.2, -0.15) is 4.98 Å². The van der Waals surface area contributed by atoms with Gasteiger partial charge in [0, 0.05) is 11.8 Å². The molecule has 0 spiro atoms. The van der Waals surface area contributed by atoms with Crippen LogP contribution in [-0.2, 0) is 4.74 Å². The molecule has 7 heteroatoms. The minimum atomic E-state index is -0.929. The van der Waals surface area contributed by atoms with Crippen molar-refractivity contribution in [2.45, 2.75) is 31.5 Å². The monoisotopic (exact) mass is 240 g/mol. The Morgan fingerprint density at radius 1 is 1.59 bits per heavy atom. The number of hydrogen-bond acceptors (Lipinski definition) is 6. The highest BCUT2D eigenvalue weighted by Crippen LogP contribution is 2.38. The van der Waals surface area contributed by atoms with Gasteiger partial charge in [0.25, 0.3) is 5.56 Å². The number of nitrogens with zero attached hydrogens (tertiary/aromatic N) is 2. The van der Waals surface area contributed by atoms with Crippen molar-refractivity contribution in [2.24, 2.45) is 0 Å². The average molecular weight is 240 g/mol. The molecule has 2 aliphatic rings. The Morgan fingerprint density at radius 2 is 2.35 bits per heavy atom. The fraction of sp³-hybridized carbons (Fsp3) is 0.600. The maximum absolute atomic E-state index is 11.4. The number of aliphatic hydroxyl groups excluding tert-OH is 2. The molecule has 0 radical (unpaired) electrons. The van der Waals surface area contributed by atoms with Crippen LogP contribution >= 0.6 is 0 Å². The quantitative estimate of drug-likeness (QED) is 0.624. The summed E-state index contributed by atoms with van der Waals surface area (Å²) in [6.45, 7) is 1.37. The summed E-state index contributed by atoms with van der Waals surface area (Å²) in [5, 5.41) is 18.9. The number of aryl methyl sites for hydroxylation is 1. The summed E-state index contributed by atoms with van der Waals surface area (Å²) < 4.78 is 12.4. The van der Waals surface area contributed by atoms with Crippen LogP contribution in [-0.4, -0.2) is 44.7 Å². The lowest BCUT2D eigenvalue weighted by Crippen LogP contribution is -2.34. The van der Waals surface area contributed by atoms with Gasteiger partial charge in [-0.3, -0.25) is 9.36 Å². The molecular formula is C10H12N2O5. The van der Waals surface area contributed by atoms with Crippen LogP contribution in [0.15, 0.2) is 11.0 Å². The van der Waals surface area contributed by atoms with Crippen LogP contribution in [0, 0.1) is 6.92 Å². The molecule has 92 valence electrons. The lowest BCUT2D eigenvalue weighted by Gasteiger charge is -2.14. The van der Waals surface area contributed by atoms with E-state index in [4.69, 9.17) is 14.6 Å². The molecule has 0 bridgehead atoms. The zero-order valence-corrected chi connectivity index (χ0v) is 9.11. The molecule has 1 saturated heterocycles. The third kappa shape index (κ3) is 1.40. The van der Waals surface area contributed by atoms with Gasteiger partial charge in [-0.25, -0.2) is 0 Å². The number of aliphatic hydroxyl groups is 2. The number of aromatic nitrogens is 2. The molecule has 0 amide bonds. The largest absolute Gasteiger partial charge is 0.453 e. The second kappa shape index (κ2) is 3.52. The third-order valence-corrected chi connectivity index (χ3v) is 3.10. The molecule has 0 saturated carbocycles. The van der Waals surface area contributed by atoms with E-state index in [9.17, 15) is 9.90 Å². The number of ether oxygens (including phenoxy) is 2. The van der Waals surface area contributed by atoms with E-state index in [2.05, 4.69) is 4.98 Å². The van der Waals surface area contributed by atoms with Gasteiger partial charge < -0.3 is 19.7 Å². The van der Waals surface area contributed by atoms with Gasteiger partial charge in [-0.15, -0.1) is 0 Å². The average Bonchev–Trinajstić information content (AvgIpc) is 2.78. The van der Waals surface area contributed by atoms with Crippen LogP contribution in [0.3, 0.4) is 0 Å². The second-order valence-corrected chi connectivity index (χ2v) is 4.24. The van der Waals surface area contributed by atoms with Gasteiger partial charge in [0.1, 0.15) is 12.2 Å².